The van der Waals surface area contributed by atoms with Crippen LogP contribution < -0.4 is 0 Å². The molecule has 1 aromatic carbocycles. The highest BCUT2D eigenvalue weighted by atomic mass is 35.5. The highest BCUT2D eigenvalue weighted by Crippen LogP contribution is 2.19. The Balaban J connectivity index is 2.17. The molecule has 0 amide bonds. The zero-order valence-electron chi connectivity index (χ0n) is 12.3. The topological polar surface area (TPSA) is 0 Å². The molecule has 0 heterocycles. The molecule has 0 aliphatic carbocycles. The van der Waals surface area contributed by atoms with Crippen LogP contribution in [0.15, 0.2) is 18.2 Å². The molecule has 0 radical (unpaired) electrons. The van der Waals surface area contributed by atoms with E-state index in [-0.39, 0.29) is 5.38 Å². The van der Waals surface area contributed by atoms with Crippen LogP contribution in [-0.2, 0) is 6.42 Å². The molecule has 0 saturated carbocycles. The predicted octanol–water partition coefficient (Wildman–Crippen LogP) is 6.26. The summed E-state index contributed by atoms with van der Waals surface area (Å²) in [6, 6.07) is 4.28. The average Bonchev–Trinajstić information content (AvgIpc) is 2.43. The first-order chi connectivity index (χ1) is 9.65. The number of unbranched alkanes of at least 4 members (excludes halogenated alkanes) is 6. The van der Waals surface area contributed by atoms with Gasteiger partial charge in [-0.3, -0.25) is 0 Å². The van der Waals surface area contributed by atoms with Crippen molar-refractivity contribution < 1.29 is 8.78 Å². The first-order valence-corrected chi connectivity index (χ1v) is 8.15. The van der Waals surface area contributed by atoms with Crippen LogP contribution >= 0.6 is 11.6 Å². The largest absolute Gasteiger partial charge is 0.204 e. The fourth-order valence-corrected chi connectivity index (χ4v) is 2.69. The van der Waals surface area contributed by atoms with Gasteiger partial charge in [0.1, 0.15) is 0 Å². The lowest BCUT2D eigenvalue weighted by atomic mass is 10.0. The monoisotopic (exact) mass is 302 g/mol. The minimum atomic E-state index is -0.790. The van der Waals surface area contributed by atoms with Crippen LogP contribution in [0.3, 0.4) is 0 Å². The first kappa shape index (κ1) is 17.4. The van der Waals surface area contributed by atoms with Gasteiger partial charge in [-0.05, 0) is 24.5 Å². The van der Waals surface area contributed by atoms with E-state index in [9.17, 15) is 8.78 Å². The summed E-state index contributed by atoms with van der Waals surface area (Å²) in [4.78, 5) is 0. The smallest absolute Gasteiger partial charge is 0.162 e. The summed E-state index contributed by atoms with van der Waals surface area (Å²) in [5.74, 6) is -1.54. The van der Waals surface area contributed by atoms with Crippen molar-refractivity contribution in [1.82, 2.24) is 0 Å². The van der Waals surface area contributed by atoms with Crippen LogP contribution in [0.1, 0.15) is 63.9 Å². The SMILES string of the molecule is CCCCCCCCCC(Cl)Cc1cccc(F)c1F. The Kier molecular flexibility index (Phi) is 8.84. The van der Waals surface area contributed by atoms with Gasteiger partial charge < -0.3 is 0 Å². The fraction of sp³-hybridized carbons (Fsp3) is 0.647. The molecule has 0 fully saturated rings. The van der Waals surface area contributed by atoms with Crippen molar-refractivity contribution in [3.8, 4) is 0 Å². The number of benzene rings is 1. The predicted molar refractivity (Wildman–Crippen MR) is 82.3 cm³/mol. The molecule has 1 unspecified atom stereocenters. The van der Waals surface area contributed by atoms with Gasteiger partial charge in [0.15, 0.2) is 11.6 Å². The maximum Gasteiger partial charge on any atom is 0.162 e. The molecular formula is C17H25ClF2. The van der Waals surface area contributed by atoms with Gasteiger partial charge in [0.2, 0.25) is 0 Å². The van der Waals surface area contributed by atoms with Crippen molar-refractivity contribution >= 4 is 11.6 Å². The Morgan fingerprint density at radius 2 is 1.65 bits per heavy atom. The third kappa shape index (κ3) is 6.69. The van der Waals surface area contributed by atoms with Gasteiger partial charge in [-0.25, -0.2) is 8.78 Å². The van der Waals surface area contributed by atoms with E-state index in [0.717, 1.165) is 18.9 Å². The van der Waals surface area contributed by atoms with Crippen LogP contribution in [-0.4, -0.2) is 5.38 Å². The minimum Gasteiger partial charge on any atom is -0.204 e. The van der Waals surface area contributed by atoms with Gasteiger partial charge in [-0.15, -0.1) is 11.6 Å². The molecule has 1 rings (SSSR count). The number of hydrogen-bond acceptors (Lipinski definition) is 0. The normalized spacial score (nSPS) is 12.6. The summed E-state index contributed by atoms with van der Waals surface area (Å²) in [7, 11) is 0. The second kappa shape index (κ2) is 10.1. The van der Waals surface area contributed by atoms with Crippen molar-refractivity contribution in [1.29, 1.82) is 0 Å². The third-order valence-electron chi connectivity index (χ3n) is 3.59. The van der Waals surface area contributed by atoms with Crippen molar-refractivity contribution in [2.75, 3.05) is 0 Å². The van der Waals surface area contributed by atoms with Gasteiger partial charge in [-0.2, -0.15) is 0 Å². The first-order valence-electron chi connectivity index (χ1n) is 7.72. The lowest BCUT2D eigenvalue weighted by Crippen LogP contribution is -2.06. The molecule has 0 aliphatic heterocycles. The average molecular weight is 303 g/mol. The van der Waals surface area contributed by atoms with E-state index >= 15 is 0 Å². The van der Waals surface area contributed by atoms with Crippen LogP contribution in [0.25, 0.3) is 0 Å². The molecule has 0 N–H and O–H groups in total. The highest BCUT2D eigenvalue weighted by molar-refractivity contribution is 6.20. The maximum atomic E-state index is 13.5. The Morgan fingerprint density at radius 1 is 1.00 bits per heavy atom. The highest BCUT2D eigenvalue weighted by Gasteiger charge is 2.12. The zero-order valence-corrected chi connectivity index (χ0v) is 13.1. The van der Waals surface area contributed by atoms with E-state index in [4.69, 9.17) is 11.6 Å². The Hall–Kier alpha value is -0.630. The molecule has 0 saturated heterocycles. The molecule has 0 nitrogen and oxygen atoms in total. The summed E-state index contributed by atoms with van der Waals surface area (Å²) in [5.41, 5.74) is 0.382. The summed E-state index contributed by atoms with van der Waals surface area (Å²) in [6.45, 7) is 2.21. The van der Waals surface area contributed by atoms with Gasteiger partial charge in [0.05, 0.1) is 0 Å². The van der Waals surface area contributed by atoms with Gasteiger partial charge >= 0.3 is 0 Å². The van der Waals surface area contributed by atoms with Crippen LogP contribution in [0.5, 0.6) is 0 Å². The molecule has 3 heteroatoms. The number of halogens is 3. The Bertz CT molecular complexity index is 379. The van der Waals surface area contributed by atoms with E-state index in [0.29, 0.717) is 12.0 Å². The molecule has 20 heavy (non-hydrogen) atoms. The Morgan fingerprint density at radius 3 is 2.35 bits per heavy atom. The number of alkyl halides is 1. The van der Waals surface area contributed by atoms with E-state index in [1.54, 1.807) is 6.07 Å². The third-order valence-corrected chi connectivity index (χ3v) is 3.97. The van der Waals surface area contributed by atoms with E-state index in [1.165, 1.54) is 44.6 Å². The Labute approximate surface area is 126 Å². The van der Waals surface area contributed by atoms with Crippen LogP contribution in [0.4, 0.5) is 8.78 Å². The van der Waals surface area contributed by atoms with Gasteiger partial charge in [-0.1, -0.05) is 64.0 Å². The summed E-state index contributed by atoms with van der Waals surface area (Å²) in [6.07, 6.45) is 9.95. The second-order valence-corrected chi connectivity index (χ2v) is 6.04. The zero-order chi connectivity index (χ0) is 14.8. The van der Waals surface area contributed by atoms with Gasteiger partial charge in [0, 0.05) is 5.38 Å². The van der Waals surface area contributed by atoms with E-state index in [1.807, 2.05) is 0 Å². The summed E-state index contributed by atoms with van der Waals surface area (Å²) < 4.78 is 26.6. The van der Waals surface area contributed by atoms with Crippen molar-refractivity contribution in [2.24, 2.45) is 0 Å². The molecule has 1 atom stereocenters. The van der Waals surface area contributed by atoms with Crippen molar-refractivity contribution in [3.05, 3.63) is 35.4 Å². The van der Waals surface area contributed by atoms with E-state index in [2.05, 4.69) is 6.92 Å². The van der Waals surface area contributed by atoms with Gasteiger partial charge in [0.25, 0.3) is 0 Å². The quantitative estimate of drug-likeness (QED) is 0.354. The molecule has 0 bridgehead atoms. The summed E-state index contributed by atoms with van der Waals surface area (Å²) >= 11 is 6.21. The molecular weight excluding hydrogens is 278 g/mol. The molecule has 0 aliphatic rings. The number of rotatable bonds is 10. The standard InChI is InChI=1S/C17H25ClF2/c1-2-3-4-5-6-7-8-11-15(18)13-14-10-9-12-16(19)17(14)20/h9-10,12,15H,2-8,11,13H2,1H3. The fourth-order valence-electron chi connectivity index (χ4n) is 2.37. The second-order valence-electron chi connectivity index (χ2n) is 5.42. The molecule has 114 valence electrons. The lowest BCUT2D eigenvalue weighted by Gasteiger charge is -2.10. The molecule has 0 spiro atoms. The maximum absolute atomic E-state index is 13.5. The van der Waals surface area contributed by atoms with Crippen LogP contribution in [0.2, 0.25) is 0 Å². The van der Waals surface area contributed by atoms with Crippen molar-refractivity contribution in [2.45, 2.75) is 70.1 Å². The molecule has 1 aromatic rings. The minimum absolute atomic E-state index is 0.109. The van der Waals surface area contributed by atoms with E-state index < -0.39 is 11.6 Å². The molecule has 0 aromatic heterocycles. The van der Waals surface area contributed by atoms with Crippen LogP contribution in [0, 0.1) is 11.6 Å². The summed E-state index contributed by atoms with van der Waals surface area (Å²) in [5, 5.41) is -0.109. The van der Waals surface area contributed by atoms with Crippen molar-refractivity contribution in [3.63, 3.8) is 0 Å². The number of hydrogen-bond donors (Lipinski definition) is 0. The lowest BCUT2D eigenvalue weighted by molar-refractivity contribution is 0.495.